The van der Waals surface area contributed by atoms with Gasteiger partial charge in [-0.2, -0.15) is 0 Å². The van der Waals surface area contributed by atoms with Crippen LogP contribution in [0.25, 0.3) is 0 Å². The van der Waals surface area contributed by atoms with Crippen LogP contribution in [0, 0.1) is 56.7 Å². The number of anilines is 1. The predicted octanol–water partition coefficient (Wildman–Crippen LogP) is 9.46. The van der Waals surface area contributed by atoms with E-state index in [-0.39, 0.29) is 33.2 Å². The number of nitrogens with one attached hydrogen (secondary N) is 1. The van der Waals surface area contributed by atoms with E-state index in [1.54, 1.807) is 0 Å². The number of benzene rings is 1. The highest BCUT2D eigenvalue weighted by atomic mass is 16.5. The summed E-state index contributed by atoms with van der Waals surface area (Å²) in [5.41, 5.74) is 2.65. The molecule has 0 aliphatic heterocycles. The Hall–Kier alpha value is -2.10. The zero-order valence-corrected chi connectivity index (χ0v) is 26.5. The van der Waals surface area contributed by atoms with Gasteiger partial charge in [-0.15, -0.1) is 0 Å². The van der Waals surface area contributed by atoms with Crippen molar-refractivity contribution in [3.05, 3.63) is 42.5 Å². The normalized spacial score (nSPS) is 44.5. The third kappa shape index (κ3) is 4.12. The number of carbonyl (C=O) groups excluding carboxylic acids is 2. The lowest BCUT2D eigenvalue weighted by Gasteiger charge is -2.72. The molecule has 4 nitrogen and oxygen atoms in total. The lowest BCUT2D eigenvalue weighted by molar-refractivity contribution is -0.236. The van der Waals surface area contributed by atoms with Crippen LogP contribution < -0.4 is 5.32 Å². The van der Waals surface area contributed by atoms with Crippen molar-refractivity contribution in [2.45, 2.75) is 106 Å². The average molecular weight is 560 g/mol. The Bertz CT molecular complexity index is 1220. The van der Waals surface area contributed by atoms with Gasteiger partial charge in [0.15, 0.2) is 0 Å². The summed E-state index contributed by atoms with van der Waals surface area (Å²) in [6.45, 7) is 19.6. The Morgan fingerprint density at radius 1 is 0.902 bits per heavy atom. The number of rotatable bonds is 4. The maximum Gasteiger partial charge on any atom is 0.411 e. The third-order valence-corrected chi connectivity index (χ3v) is 14.5. The van der Waals surface area contributed by atoms with E-state index in [4.69, 9.17) is 4.74 Å². The van der Waals surface area contributed by atoms with Crippen molar-refractivity contribution in [2.24, 2.45) is 56.7 Å². The summed E-state index contributed by atoms with van der Waals surface area (Å²) < 4.78 is 6.07. The largest absolute Gasteiger partial charge is 0.449 e. The Kier molecular flexibility index (Phi) is 6.87. The zero-order chi connectivity index (χ0) is 29.4. The molecule has 1 aromatic rings. The SMILES string of the molecule is C=C(C)[C@@H]1CC[C@]2(COC(=O)Nc3ccccc3)CC[C@]3(C)[C@H](CC[C@@H]4[C@@]5(C)CCC(=O)C(C)(C)[C@@H]5CC[C@]43C)[C@@H]12. The number of amides is 1. The number of hydrogen-bond acceptors (Lipinski definition) is 3. The van der Waals surface area contributed by atoms with Crippen LogP contribution in [0.5, 0.6) is 0 Å². The van der Waals surface area contributed by atoms with Gasteiger partial charge in [0.2, 0.25) is 0 Å². The molecule has 0 aromatic heterocycles. The van der Waals surface area contributed by atoms with Gasteiger partial charge in [-0.05, 0) is 123 Å². The molecule has 5 aliphatic carbocycles. The van der Waals surface area contributed by atoms with Crippen molar-refractivity contribution in [1.29, 1.82) is 0 Å². The van der Waals surface area contributed by atoms with Crippen LogP contribution in [-0.2, 0) is 9.53 Å². The summed E-state index contributed by atoms with van der Waals surface area (Å²) >= 11 is 0. The molecule has 5 fully saturated rings. The van der Waals surface area contributed by atoms with Gasteiger partial charge in [0.05, 0.1) is 6.61 Å². The lowest BCUT2D eigenvalue weighted by atomic mass is 9.32. The van der Waals surface area contributed by atoms with Crippen molar-refractivity contribution in [3.8, 4) is 0 Å². The van der Waals surface area contributed by atoms with Gasteiger partial charge >= 0.3 is 6.09 Å². The molecule has 0 saturated heterocycles. The molecule has 5 aliphatic rings. The lowest BCUT2D eigenvalue weighted by Crippen LogP contribution is -2.66. The molecular weight excluding hydrogens is 506 g/mol. The average Bonchev–Trinajstić information content (AvgIpc) is 3.31. The monoisotopic (exact) mass is 559 g/mol. The molecule has 4 heteroatoms. The summed E-state index contributed by atoms with van der Waals surface area (Å²) in [6, 6.07) is 9.61. The zero-order valence-electron chi connectivity index (χ0n) is 26.5. The van der Waals surface area contributed by atoms with Crippen LogP contribution >= 0.6 is 0 Å². The summed E-state index contributed by atoms with van der Waals surface area (Å²) in [5.74, 6) is 3.25. The number of allylic oxidation sites excluding steroid dienone is 1. The van der Waals surface area contributed by atoms with Gasteiger partial charge in [-0.3, -0.25) is 10.1 Å². The fourth-order valence-corrected chi connectivity index (χ4v) is 12.2. The minimum Gasteiger partial charge on any atom is -0.449 e. The van der Waals surface area contributed by atoms with E-state index in [1.165, 1.54) is 37.7 Å². The standard InChI is InChI=1S/C37H53NO3/c1-24(2)26-15-20-37(23-41-32(40)38-25-11-9-8-10-12-25)22-21-35(6)27(31(26)37)13-14-29-34(5)18-17-30(39)33(3,4)28(34)16-19-36(29,35)7/h8-12,26-29,31H,1,13-23H2,2-7H3,(H,38,40)/t26-,27+,28-,29+,31+,34-,35+,36+,37+/m0/s1. The second kappa shape index (κ2) is 9.71. The second-order valence-corrected chi connectivity index (χ2v) is 16.3. The van der Waals surface area contributed by atoms with E-state index >= 15 is 0 Å². The Balaban J connectivity index is 1.29. The van der Waals surface area contributed by atoms with Gasteiger partial charge in [0, 0.05) is 22.9 Å². The third-order valence-electron chi connectivity index (χ3n) is 14.5. The molecular formula is C37H53NO3. The van der Waals surface area contributed by atoms with Crippen molar-refractivity contribution < 1.29 is 14.3 Å². The molecule has 6 rings (SSSR count). The van der Waals surface area contributed by atoms with E-state index in [2.05, 4.69) is 53.4 Å². The Morgan fingerprint density at radius 3 is 2.34 bits per heavy atom. The number of carbonyl (C=O) groups is 2. The van der Waals surface area contributed by atoms with E-state index in [0.717, 1.165) is 37.8 Å². The molecule has 9 atom stereocenters. The predicted molar refractivity (Wildman–Crippen MR) is 165 cm³/mol. The maximum atomic E-state index is 13.1. The molecule has 1 N–H and O–H groups in total. The quantitative estimate of drug-likeness (QED) is 0.374. The number of ether oxygens (including phenoxy) is 1. The minimum absolute atomic E-state index is 0.0331. The molecule has 41 heavy (non-hydrogen) atoms. The molecule has 0 radical (unpaired) electrons. The summed E-state index contributed by atoms with van der Waals surface area (Å²) in [4.78, 5) is 26.0. The number of ketones is 1. The van der Waals surface area contributed by atoms with Crippen LogP contribution in [-0.4, -0.2) is 18.5 Å². The summed E-state index contributed by atoms with van der Waals surface area (Å²) in [6.07, 6.45) is 11.0. The molecule has 0 unspecified atom stereocenters. The second-order valence-electron chi connectivity index (χ2n) is 16.3. The first-order valence-corrected chi connectivity index (χ1v) is 16.5. The Morgan fingerprint density at radius 2 is 1.63 bits per heavy atom. The highest BCUT2D eigenvalue weighted by Crippen LogP contribution is 2.77. The van der Waals surface area contributed by atoms with E-state index in [1.807, 2.05) is 30.3 Å². The summed E-state index contributed by atoms with van der Waals surface area (Å²) in [5, 5.41) is 2.94. The van der Waals surface area contributed by atoms with Crippen LogP contribution in [0.15, 0.2) is 42.5 Å². The minimum atomic E-state index is -0.340. The smallest absolute Gasteiger partial charge is 0.411 e. The van der Waals surface area contributed by atoms with Crippen LogP contribution in [0.3, 0.4) is 0 Å². The highest BCUT2D eigenvalue weighted by Gasteiger charge is 2.71. The molecule has 0 bridgehead atoms. The first-order valence-electron chi connectivity index (χ1n) is 16.5. The van der Waals surface area contributed by atoms with Crippen molar-refractivity contribution in [3.63, 3.8) is 0 Å². The van der Waals surface area contributed by atoms with Gasteiger partial charge in [0.1, 0.15) is 5.78 Å². The van der Waals surface area contributed by atoms with Crippen molar-refractivity contribution in [1.82, 2.24) is 0 Å². The number of para-hydroxylation sites is 1. The van der Waals surface area contributed by atoms with Crippen molar-refractivity contribution >= 4 is 17.6 Å². The van der Waals surface area contributed by atoms with E-state index < -0.39 is 0 Å². The van der Waals surface area contributed by atoms with Gasteiger partial charge < -0.3 is 4.74 Å². The fourth-order valence-electron chi connectivity index (χ4n) is 12.2. The molecule has 5 saturated carbocycles. The number of Topliss-reactive ketones (excluding diaryl/α,β-unsaturated/α-hetero) is 1. The van der Waals surface area contributed by atoms with Crippen molar-refractivity contribution in [2.75, 3.05) is 11.9 Å². The summed E-state index contributed by atoms with van der Waals surface area (Å²) in [7, 11) is 0. The number of fused-ring (bicyclic) bond motifs is 7. The van der Waals surface area contributed by atoms with Gasteiger partial charge in [0.25, 0.3) is 0 Å². The van der Waals surface area contributed by atoms with Crippen LogP contribution in [0.2, 0.25) is 0 Å². The molecule has 0 heterocycles. The van der Waals surface area contributed by atoms with E-state index in [9.17, 15) is 9.59 Å². The molecule has 224 valence electrons. The Labute approximate surface area is 248 Å². The molecule has 1 aromatic carbocycles. The first-order chi connectivity index (χ1) is 19.3. The maximum absolute atomic E-state index is 13.1. The van der Waals surface area contributed by atoms with Gasteiger partial charge in [-0.25, -0.2) is 4.79 Å². The molecule has 1 amide bonds. The van der Waals surface area contributed by atoms with Gasteiger partial charge in [-0.1, -0.05) is 65.0 Å². The fraction of sp³-hybridized carbons (Fsp3) is 0.730. The van der Waals surface area contributed by atoms with Crippen LogP contribution in [0.1, 0.15) is 106 Å². The first kappa shape index (κ1) is 29.0. The number of hydrogen-bond donors (Lipinski definition) is 1. The highest BCUT2D eigenvalue weighted by molar-refractivity contribution is 5.85. The van der Waals surface area contributed by atoms with Crippen LogP contribution in [0.4, 0.5) is 10.5 Å². The van der Waals surface area contributed by atoms with E-state index in [0.29, 0.717) is 42.0 Å². The molecule has 0 spiro atoms. The topological polar surface area (TPSA) is 55.4 Å².